The van der Waals surface area contributed by atoms with E-state index in [1.807, 2.05) is 0 Å². The Morgan fingerprint density at radius 2 is 0.905 bits per heavy atom. The van der Waals surface area contributed by atoms with Crippen LogP contribution in [0.4, 0.5) is 0 Å². The molecular formula is C40H26N2. The molecule has 0 atom stereocenters. The first kappa shape index (κ1) is 23.1. The predicted molar refractivity (Wildman–Crippen MR) is 178 cm³/mol. The lowest BCUT2D eigenvalue weighted by Crippen LogP contribution is -1.96. The molecule has 0 aliphatic carbocycles. The maximum absolute atomic E-state index is 2.45. The van der Waals surface area contributed by atoms with E-state index in [1.165, 1.54) is 71.2 Å². The van der Waals surface area contributed by atoms with Gasteiger partial charge in [0.25, 0.3) is 0 Å². The number of hydrogen-bond acceptors (Lipinski definition) is 0. The Morgan fingerprint density at radius 3 is 1.71 bits per heavy atom. The van der Waals surface area contributed by atoms with Crippen molar-refractivity contribution in [2.75, 3.05) is 0 Å². The zero-order valence-corrected chi connectivity index (χ0v) is 22.9. The van der Waals surface area contributed by atoms with E-state index in [-0.39, 0.29) is 0 Å². The fourth-order valence-electron chi connectivity index (χ4n) is 6.80. The third-order valence-electron chi connectivity index (χ3n) is 8.69. The molecule has 0 saturated heterocycles. The van der Waals surface area contributed by atoms with Gasteiger partial charge in [-0.2, -0.15) is 0 Å². The van der Waals surface area contributed by atoms with Gasteiger partial charge in [0, 0.05) is 38.3 Å². The van der Waals surface area contributed by atoms with E-state index in [9.17, 15) is 0 Å². The fraction of sp³-hybridized carbons (Fsp3) is 0. The van der Waals surface area contributed by atoms with Crippen LogP contribution < -0.4 is 0 Å². The van der Waals surface area contributed by atoms with Gasteiger partial charge in [-0.1, -0.05) is 115 Å². The van der Waals surface area contributed by atoms with Crippen molar-refractivity contribution >= 4 is 54.4 Å². The van der Waals surface area contributed by atoms with Crippen molar-refractivity contribution in [2.45, 2.75) is 0 Å². The van der Waals surface area contributed by atoms with Crippen LogP contribution in [0.2, 0.25) is 0 Å². The summed E-state index contributed by atoms with van der Waals surface area (Å²) in [7, 11) is 0. The Hall–Kier alpha value is -5.60. The molecule has 0 unspecified atom stereocenters. The third kappa shape index (κ3) is 3.33. The second-order valence-electron chi connectivity index (χ2n) is 11.0. The molecule has 0 radical (unpaired) electrons. The molecule has 0 aliphatic rings. The van der Waals surface area contributed by atoms with Gasteiger partial charge in [0.05, 0.1) is 22.1 Å². The van der Waals surface area contributed by atoms with Crippen LogP contribution in [0.1, 0.15) is 0 Å². The molecule has 2 heterocycles. The van der Waals surface area contributed by atoms with Crippen LogP contribution in [0, 0.1) is 0 Å². The molecule has 0 amide bonds. The van der Waals surface area contributed by atoms with Gasteiger partial charge < -0.3 is 9.13 Å². The van der Waals surface area contributed by atoms with Crippen molar-refractivity contribution in [1.29, 1.82) is 0 Å². The first-order valence-electron chi connectivity index (χ1n) is 14.5. The zero-order valence-electron chi connectivity index (χ0n) is 22.9. The lowest BCUT2D eigenvalue weighted by Gasteiger charge is -2.11. The zero-order chi connectivity index (χ0) is 27.6. The number of fused-ring (bicyclic) bond motifs is 8. The summed E-state index contributed by atoms with van der Waals surface area (Å²) in [5.74, 6) is 0. The average molecular weight is 535 g/mol. The summed E-state index contributed by atoms with van der Waals surface area (Å²) in [6, 6.07) is 57.2. The smallest absolute Gasteiger partial charge is 0.0619 e. The third-order valence-corrected chi connectivity index (χ3v) is 8.69. The number of hydrogen-bond donors (Lipinski definition) is 0. The van der Waals surface area contributed by atoms with Gasteiger partial charge in [-0.15, -0.1) is 0 Å². The topological polar surface area (TPSA) is 9.86 Å². The number of para-hydroxylation sites is 2. The minimum Gasteiger partial charge on any atom is -0.309 e. The molecule has 7 aromatic carbocycles. The molecule has 0 aliphatic heterocycles. The minimum absolute atomic E-state index is 1.16. The second-order valence-corrected chi connectivity index (χ2v) is 11.0. The average Bonchev–Trinajstić information content (AvgIpc) is 3.57. The Bertz CT molecular complexity index is 2430. The summed E-state index contributed by atoms with van der Waals surface area (Å²) in [6.07, 6.45) is 0. The van der Waals surface area contributed by atoms with E-state index < -0.39 is 0 Å². The van der Waals surface area contributed by atoms with Gasteiger partial charge in [-0.25, -0.2) is 0 Å². The molecule has 0 spiro atoms. The summed E-state index contributed by atoms with van der Waals surface area (Å²) in [5.41, 5.74) is 9.67. The van der Waals surface area contributed by atoms with E-state index in [0.717, 1.165) is 5.69 Å². The van der Waals surface area contributed by atoms with Gasteiger partial charge in [0.1, 0.15) is 0 Å². The quantitative estimate of drug-likeness (QED) is 0.213. The van der Waals surface area contributed by atoms with Crippen molar-refractivity contribution in [3.63, 3.8) is 0 Å². The van der Waals surface area contributed by atoms with E-state index in [1.54, 1.807) is 0 Å². The molecule has 0 bridgehead atoms. The lowest BCUT2D eigenvalue weighted by atomic mass is 10.0. The van der Waals surface area contributed by atoms with Crippen molar-refractivity contribution in [1.82, 2.24) is 9.13 Å². The number of rotatable bonds is 3. The van der Waals surface area contributed by atoms with E-state index in [4.69, 9.17) is 0 Å². The molecule has 2 aromatic heterocycles. The summed E-state index contributed by atoms with van der Waals surface area (Å²) in [6.45, 7) is 0. The number of nitrogens with zero attached hydrogens (tertiary/aromatic N) is 2. The van der Waals surface area contributed by atoms with E-state index in [2.05, 4.69) is 167 Å². The maximum atomic E-state index is 2.45. The second kappa shape index (κ2) is 8.95. The summed E-state index contributed by atoms with van der Waals surface area (Å²) in [4.78, 5) is 0. The monoisotopic (exact) mass is 534 g/mol. The Kier molecular flexibility index (Phi) is 4.93. The first-order valence-corrected chi connectivity index (χ1v) is 14.5. The van der Waals surface area contributed by atoms with E-state index >= 15 is 0 Å². The van der Waals surface area contributed by atoms with Gasteiger partial charge in [0.2, 0.25) is 0 Å². The highest BCUT2D eigenvalue weighted by Crippen LogP contribution is 2.41. The highest BCUT2D eigenvalue weighted by molar-refractivity contribution is 6.23. The van der Waals surface area contributed by atoms with Crippen LogP contribution in [0.5, 0.6) is 0 Å². The van der Waals surface area contributed by atoms with Crippen LogP contribution in [-0.2, 0) is 0 Å². The highest BCUT2D eigenvalue weighted by atomic mass is 15.0. The molecule has 9 aromatic rings. The van der Waals surface area contributed by atoms with E-state index in [0.29, 0.717) is 0 Å². The van der Waals surface area contributed by atoms with Crippen LogP contribution >= 0.6 is 0 Å². The Morgan fingerprint density at radius 1 is 0.310 bits per heavy atom. The van der Waals surface area contributed by atoms with Crippen LogP contribution in [0.25, 0.3) is 76.9 Å². The maximum Gasteiger partial charge on any atom is 0.0619 e. The summed E-state index contributed by atoms with van der Waals surface area (Å²) < 4.78 is 4.87. The van der Waals surface area contributed by atoms with Crippen molar-refractivity contribution in [2.24, 2.45) is 0 Å². The van der Waals surface area contributed by atoms with Gasteiger partial charge >= 0.3 is 0 Å². The highest BCUT2D eigenvalue weighted by Gasteiger charge is 2.19. The largest absolute Gasteiger partial charge is 0.309 e. The van der Waals surface area contributed by atoms with Gasteiger partial charge in [0.15, 0.2) is 0 Å². The fourth-order valence-corrected chi connectivity index (χ4v) is 6.80. The first-order chi connectivity index (χ1) is 20.8. The van der Waals surface area contributed by atoms with Gasteiger partial charge in [-0.05, 0) is 59.0 Å². The van der Waals surface area contributed by atoms with Crippen molar-refractivity contribution < 1.29 is 0 Å². The molecule has 0 fully saturated rings. The molecule has 2 heteroatoms. The number of aromatic nitrogens is 2. The molecule has 9 rings (SSSR count). The molecular weight excluding hydrogens is 508 g/mol. The van der Waals surface area contributed by atoms with Crippen molar-refractivity contribution in [3.05, 3.63) is 158 Å². The summed E-state index contributed by atoms with van der Waals surface area (Å²) in [5, 5.41) is 7.60. The van der Waals surface area contributed by atoms with Crippen LogP contribution in [-0.4, -0.2) is 9.13 Å². The van der Waals surface area contributed by atoms with Crippen molar-refractivity contribution in [3.8, 4) is 22.5 Å². The van der Waals surface area contributed by atoms with Crippen LogP contribution in [0.3, 0.4) is 0 Å². The molecule has 0 saturated carbocycles. The molecule has 2 nitrogen and oxygen atoms in total. The standard InChI is InChI=1S/C40H26N2/c1-3-11-27(12-4-1)28-19-22-31(23-20-28)41-37-18-10-9-17-33(37)35-25-36-34-24-21-29-13-7-8-16-32(29)40(34)42(39(36)26-38(35)41)30-14-5-2-6-15-30/h1-26H. The SMILES string of the molecule is c1ccc(-c2ccc(-n3c4ccccc4c4cc5c6ccc7ccccc7c6n(-c6ccccc6)c5cc43)cc2)cc1. The molecule has 0 N–H and O–H groups in total. The lowest BCUT2D eigenvalue weighted by molar-refractivity contribution is 1.17. The Labute approximate surface area is 243 Å². The number of benzene rings is 7. The molecule has 196 valence electrons. The Balaban J connectivity index is 1.40. The predicted octanol–water partition coefficient (Wildman–Crippen LogP) is 10.7. The van der Waals surface area contributed by atoms with Gasteiger partial charge in [-0.3, -0.25) is 0 Å². The molecule has 42 heavy (non-hydrogen) atoms. The minimum atomic E-state index is 1.16. The normalized spacial score (nSPS) is 11.8. The van der Waals surface area contributed by atoms with Crippen LogP contribution in [0.15, 0.2) is 158 Å². The summed E-state index contributed by atoms with van der Waals surface area (Å²) >= 11 is 0.